The van der Waals surface area contributed by atoms with Crippen LogP contribution in [0.25, 0.3) is 0 Å². The molecule has 10 heteroatoms. The van der Waals surface area contributed by atoms with Gasteiger partial charge in [-0.05, 0) is 70.6 Å². The molecule has 334 valence electrons. The van der Waals surface area contributed by atoms with Crippen molar-refractivity contribution < 1.29 is 42.1 Å². The number of likely N-dealkylation sites (N-methyl/N-ethyl adjacent to an activating group) is 1. The van der Waals surface area contributed by atoms with E-state index in [0.29, 0.717) is 23.9 Å². The number of quaternary nitrogens is 1. The van der Waals surface area contributed by atoms with E-state index >= 15 is 0 Å². The van der Waals surface area contributed by atoms with E-state index in [1.165, 1.54) is 57.8 Å². The van der Waals surface area contributed by atoms with E-state index in [-0.39, 0.29) is 26.1 Å². The van der Waals surface area contributed by atoms with Crippen LogP contribution in [0.15, 0.2) is 73.4 Å². The van der Waals surface area contributed by atoms with Crippen molar-refractivity contribution in [2.24, 2.45) is 0 Å². The van der Waals surface area contributed by atoms with Crippen LogP contribution in [0, 0.1) is 0 Å². The van der Waals surface area contributed by atoms with E-state index in [1.54, 1.807) is 0 Å². The molecular formula is C48H85NO8P+. The zero-order valence-corrected chi connectivity index (χ0v) is 38.2. The molecule has 58 heavy (non-hydrogen) atoms. The van der Waals surface area contributed by atoms with Gasteiger partial charge in [0.25, 0.3) is 0 Å². The summed E-state index contributed by atoms with van der Waals surface area (Å²) in [7, 11) is 1.44. The number of nitrogens with zero attached hydrogens (tertiary/aromatic N) is 1. The van der Waals surface area contributed by atoms with E-state index in [9.17, 15) is 19.0 Å². The Morgan fingerprint density at radius 1 is 0.586 bits per heavy atom. The van der Waals surface area contributed by atoms with Crippen molar-refractivity contribution in [1.29, 1.82) is 0 Å². The van der Waals surface area contributed by atoms with Crippen LogP contribution in [0.1, 0.15) is 167 Å². The van der Waals surface area contributed by atoms with Gasteiger partial charge in [-0.1, -0.05) is 151 Å². The van der Waals surface area contributed by atoms with Gasteiger partial charge in [-0.15, -0.1) is 6.58 Å². The number of rotatable bonds is 41. The van der Waals surface area contributed by atoms with Gasteiger partial charge in [-0.3, -0.25) is 18.6 Å². The van der Waals surface area contributed by atoms with Gasteiger partial charge in [-0.25, -0.2) is 4.57 Å². The summed E-state index contributed by atoms with van der Waals surface area (Å²) in [5.74, 6) is -0.843. The van der Waals surface area contributed by atoms with Gasteiger partial charge < -0.3 is 18.9 Å². The van der Waals surface area contributed by atoms with Gasteiger partial charge in [-0.2, -0.15) is 0 Å². The number of hydrogen-bond donors (Lipinski definition) is 1. The van der Waals surface area contributed by atoms with Crippen molar-refractivity contribution in [1.82, 2.24) is 0 Å². The molecule has 2 atom stereocenters. The first-order valence-electron chi connectivity index (χ1n) is 22.6. The molecule has 1 N–H and O–H groups in total. The number of ether oxygens (including phenoxy) is 2. The first-order valence-corrected chi connectivity index (χ1v) is 24.1. The highest BCUT2D eigenvalue weighted by molar-refractivity contribution is 7.47. The maximum atomic E-state index is 12.7. The Hall–Kier alpha value is -2.55. The topological polar surface area (TPSA) is 108 Å². The molecule has 0 saturated carbocycles. The zero-order chi connectivity index (χ0) is 42.8. The molecule has 0 heterocycles. The van der Waals surface area contributed by atoms with Crippen molar-refractivity contribution in [3.05, 3.63) is 73.4 Å². The van der Waals surface area contributed by atoms with Gasteiger partial charge >= 0.3 is 19.8 Å². The molecule has 0 rings (SSSR count). The largest absolute Gasteiger partial charge is 0.472 e. The lowest BCUT2D eigenvalue weighted by Gasteiger charge is -2.24. The van der Waals surface area contributed by atoms with Crippen molar-refractivity contribution in [3.8, 4) is 0 Å². The highest BCUT2D eigenvalue weighted by atomic mass is 31.2. The summed E-state index contributed by atoms with van der Waals surface area (Å²) in [4.78, 5) is 35.4. The fraction of sp³-hybridized carbons (Fsp3) is 0.708. The van der Waals surface area contributed by atoms with E-state index in [4.69, 9.17) is 18.5 Å². The van der Waals surface area contributed by atoms with Crippen LogP contribution in [0.2, 0.25) is 0 Å². The zero-order valence-electron chi connectivity index (χ0n) is 37.3. The summed E-state index contributed by atoms with van der Waals surface area (Å²) in [6.45, 7) is 5.78. The monoisotopic (exact) mass is 835 g/mol. The van der Waals surface area contributed by atoms with E-state index < -0.39 is 32.5 Å². The third-order valence-electron chi connectivity index (χ3n) is 9.37. The summed E-state index contributed by atoms with van der Waals surface area (Å²) in [5.41, 5.74) is 0. The van der Waals surface area contributed by atoms with Gasteiger partial charge in [0.05, 0.1) is 27.7 Å². The van der Waals surface area contributed by atoms with Gasteiger partial charge in [0.15, 0.2) is 6.10 Å². The SMILES string of the molecule is C=CCCCCCCCCCCCCCCCC(=O)O[C@H](COC(=O)CCCCC/C=C/C/C=C/C/C=C/C/C=C/C/C=C/CC)COP(=O)(O)OCC[N+](C)(C)C. The molecule has 0 aromatic heterocycles. The summed E-state index contributed by atoms with van der Waals surface area (Å²) in [6.07, 6.45) is 48.4. The number of hydrogen-bond acceptors (Lipinski definition) is 7. The highest BCUT2D eigenvalue weighted by Gasteiger charge is 2.27. The molecule has 0 aliphatic rings. The number of carbonyl (C=O) groups is 2. The Morgan fingerprint density at radius 2 is 1.02 bits per heavy atom. The van der Waals surface area contributed by atoms with E-state index in [2.05, 4.69) is 74.3 Å². The summed E-state index contributed by atoms with van der Waals surface area (Å²) in [5, 5.41) is 0. The summed E-state index contributed by atoms with van der Waals surface area (Å²) in [6, 6.07) is 0. The molecular weight excluding hydrogens is 750 g/mol. The number of phosphoric ester groups is 1. The van der Waals surface area contributed by atoms with Gasteiger partial charge in [0.1, 0.15) is 19.8 Å². The normalized spacial score (nSPS) is 14.0. The minimum Gasteiger partial charge on any atom is -0.462 e. The minimum atomic E-state index is -4.39. The second-order valence-electron chi connectivity index (χ2n) is 16.1. The van der Waals surface area contributed by atoms with Crippen LogP contribution in [0.3, 0.4) is 0 Å². The van der Waals surface area contributed by atoms with Crippen molar-refractivity contribution in [3.63, 3.8) is 0 Å². The van der Waals surface area contributed by atoms with Crippen LogP contribution >= 0.6 is 7.82 Å². The van der Waals surface area contributed by atoms with Crippen molar-refractivity contribution >= 4 is 19.8 Å². The predicted octanol–water partition coefficient (Wildman–Crippen LogP) is 13.0. The molecule has 0 aliphatic heterocycles. The van der Waals surface area contributed by atoms with Gasteiger partial charge in [0.2, 0.25) is 0 Å². The molecule has 0 bridgehead atoms. The summed E-state index contributed by atoms with van der Waals surface area (Å²) >= 11 is 0. The smallest absolute Gasteiger partial charge is 0.462 e. The van der Waals surface area contributed by atoms with Crippen LogP contribution in [-0.4, -0.2) is 74.9 Å². The highest BCUT2D eigenvalue weighted by Crippen LogP contribution is 2.43. The number of phosphoric acid groups is 1. The number of allylic oxidation sites excluding steroid dienone is 11. The van der Waals surface area contributed by atoms with Crippen LogP contribution in [0.4, 0.5) is 0 Å². The third kappa shape index (κ3) is 43.0. The minimum absolute atomic E-state index is 0.0223. The second kappa shape index (κ2) is 39.9. The molecule has 0 radical (unpaired) electrons. The molecule has 0 amide bonds. The first-order chi connectivity index (χ1) is 28.0. The maximum absolute atomic E-state index is 12.7. The molecule has 0 spiro atoms. The Morgan fingerprint density at radius 3 is 1.52 bits per heavy atom. The van der Waals surface area contributed by atoms with E-state index in [0.717, 1.165) is 77.0 Å². The van der Waals surface area contributed by atoms with Crippen LogP contribution in [0.5, 0.6) is 0 Å². The van der Waals surface area contributed by atoms with Crippen molar-refractivity contribution in [2.45, 2.75) is 174 Å². The number of carbonyl (C=O) groups excluding carboxylic acids is 2. The lowest BCUT2D eigenvalue weighted by Crippen LogP contribution is -2.37. The quantitative estimate of drug-likeness (QED) is 0.0213. The predicted molar refractivity (Wildman–Crippen MR) is 242 cm³/mol. The Balaban J connectivity index is 4.39. The third-order valence-corrected chi connectivity index (χ3v) is 10.4. The van der Waals surface area contributed by atoms with E-state index in [1.807, 2.05) is 27.2 Å². The Kier molecular flexibility index (Phi) is 38.1. The number of unbranched alkanes of at least 4 members (excludes halogenated alkanes) is 16. The Labute approximate surface area is 355 Å². The molecule has 0 aromatic carbocycles. The van der Waals surface area contributed by atoms with Crippen LogP contribution in [-0.2, 0) is 32.7 Å². The lowest BCUT2D eigenvalue weighted by molar-refractivity contribution is -0.870. The number of esters is 2. The molecule has 0 fully saturated rings. The van der Waals surface area contributed by atoms with Gasteiger partial charge in [0, 0.05) is 12.8 Å². The fourth-order valence-electron chi connectivity index (χ4n) is 5.84. The van der Waals surface area contributed by atoms with Crippen LogP contribution < -0.4 is 0 Å². The average molecular weight is 835 g/mol. The summed E-state index contributed by atoms with van der Waals surface area (Å²) < 4.78 is 34.3. The Bertz CT molecular complexity index is 1200. The molecule has 9 nitrogen and oxygen atoms in total. The molecule has 1 unspecified atom stereocenters. The first kappa shape index (κ1) is 55.5. The lowest BCUT2D eigenvalue weighted by atomic mass is 10.0. The standard InChI is InChI=1S/C48H84NO8P/c1-6-8-10-12-14-16-18-20-22-23-24-25-27-28-30-32-34-36-38-40-47(50)54-44-46(45-56-58(52,53)55-43-42-49(3,4)5)57-48(51)41-39-37-35-33-31-29-26-21-19-17-15-13-11-9-7-2/h7-8,10,14,16,20,22,24-25,28,30,46H,2,6,9,11-13,15,17-19,21,23,26-27,29,31-45H2,1,3-5H3/p+1/b10-8+,16-14+,22-20+,25-24+,30-28+/t46-/m1/s1. The molecule has 0 aliphatic carbocycles. The molecule has 0 aromatic rings. The molecule has 0 saturated heterocycles. The fourth-order valence-corrected chi connectivity index (χ4v) is 6.58. The second-order valence-corrected chi connectivity index (χ2v) is 17.6. The van der Waals surface area contributed by atoms with Crippen molar-refractivity contribution in [2.75, 3.05) is 47.5 Å². The maximum Gasteiger partial charge on any atom is 0.472 e. The average Bonchev–Trinajstić information content (AvgIpc) is 3.17.